The van der Waals surface area contributed by atoms with Crippen molar-refractivity contribution < 1.29 is 4.79 Å². The molecule has 0 radical (unpaired) electrons. The summed E-state index contributed by atoms with van der Waals surface area (Å²) in [5.74, 6) is 0.145. The summed E-state index contributed by atoms with van der Waals surface area (Å²) in [4.78, 5) is 23.7. The lowest BCUT2D eigenvalue weighted by Crippen LogP contribution is -2.37. The topological polar surface area (TPSA) is 63.1 Å². The lowest BCUT2D eigenvalue weighted by atomic mass is 9.95. The predicted molar refractivity (Wildman–Crippen MR) is 98.4 cm³/mol. The normalized spacial score (nSPS) is 15.7. The summed E-state index contributed by atoms with van der Waals surface area (Å²) < 4.78 is 2.68. The highest BCUT2D eigenvalue weighted by Crippen LogP contribution is 2.18. The number of carbonyl (C=O) groups excluding carboxylic acids is 1. The van der Waals surface area contributed by atoms with Crippen LogP contribution in [0.1, 0.15) is 44.1 Å². The van der Waals surface area contributed by atoms with Crippen LogP contribution in [0.4, 0.5) is 0 Å². The maximum Gasteiger partial charge on any atom is 0.307 e. The Morgan fingerprint density at radius 3 is 2.88 bits per heavy atom. The number of fused-ring (bicyclic) bond motifs is 1. The molecule has 1 aromatic heterocycles. The van der Waals surface area contributed by atoms with Crippen molar-refractivity contribution in [2.24, 2.45) is 7.05 Å². The van der Waals surface area contributed by atoms with Crippen LogP contribution in [-0.2, 0) is 18.4 Å². The number of thiazole rings is 1. The van der Waals surface area contributed by atoms with Gasteiger partial charge in [0.2, 0.25) is 5.91 Å². The van der Waals surface area contributed by atoms with Gasteiger partial charge in [-0.05, 0) is 30.5 Å². The van der Waals surface area contributed by atoms with Gasteiger partial charge in [-0.15, -0.1) is 0 Å². The van der Waals surface area contributed by atoms with Gasteiger partial charge in [0.15, 0.2) is 0 Å². The van der Waals surface area contributed by atoms with Crippen molar-refractivity contribution in [2.45, 2.75) is 51.1 Å². The van der Waals surface area contributed by atoms with E-state index in [4.69, 9.17) is 0 Å². The number of hydrogen-bond donors (Lipinski definition) is 2. The van der Waals surface area contributed by atoms with Gasteiger partial charge in [-0.25, -0.2) is 0 Å². The van der Waals surface area contributed by atoms with Gasteiger partial charge in [-0.2, -0.15) is 0 Å². The standard InChI is InChI=1S/C18H25N3O2S/c1-21-15-8-7-13(11-16(15)24-18(21)23)12-19-10-9-17(22)20-14-5-3-2-4-6-14/h7-8,11,14,19H,2-6,9-10,12H2,1H3,(H,20,22). The van der Waals surface area contributed by atoms with Gasteiger partial charge in [0.05, 0.1) is 10.2 Å². The van der Waals surface area contributed by atoms with Crippen molar-refractivity contribution in [2.75, 3.05) is 6.54 Å². The second-order valence-electron chi connectivity index (χ2n) is 6.56. The smallest absolute Gasteiger partial charge is 0.307 e. The minimum atomic E-state index is 0.0643. The Hall–Kier alpha value is -1.66. The monoisotopic (exact) mass is 347 g/mol. The molecule has 0 aliphatic heterocycles. The number of aromatic nitrogens is 1. The van der Waals surface area contributed by atoms with Gasteiger partial charge in [0.1, 0.15) is 0 Å². The van der Waals surface area contributed by atoms with E-state index in [0.29, 0.717) is 25.6 Å². The number of amides is 1. The summed E-state index contributed by atoms with van der Waals surface area (Å²) in [7, 11) is 1.80. The molecule has 1 aromatic carbocycles. The van der Waals surface area contributed by atoms with Crippen LogP contribution in [0, 0.1) is 0 Å². The van der Waals surface area contributed by atoms with E-state index in [1.165, 1.54) is 30.6 Å². The molecular weight excluding hydrogens is 322 g/mol. The molecular formula is C18H25N3O2S. The molecule has 3 rings (SSSR count). The molecule has 0 unspecified atom stereocenters. The highest BCUT2D eigenvalue weighted by atomic mass is 32.1. The van der Waals surface area contributed by atoms with Crippen molar-refractivity contribution in [3.8, 4) is 0 Å². The predicted octanol–water partition coefficient (Wildman–Crippen LogP) is 2.53. The maximum absolute atomic E-state index is 12.0. The van der Waals surface area contributed by atoms with Crippen LogP contribution in [0.15, 0.2) is 23.0 Å². The molecule has 24 heavy (non-hydrogen) atoms. The number of aryl methyl sites for hydroxylation is 1. The molecule has 1 fully saturated rings. The number of nitrogens with one attached hydrogen (secondary N) is 2. The van der Waals surface area contributed by atoms with E-state index in [-0.39, 0.29) is 10.8 Å². The van der Waals surface area contributed by atoms with E-state index >= 15 is 0 Å². The molecule has 1 amide bonds. The Kier molecular flexibility index (Phi) is 5.68. The highest BCUT2D eigenvalue weighted by molar-refractivity contribution is 7.16. The third-order valence-electron chi connectivity index (χ3n) is 4.68. The summed E-state index contributed by atoms with van der Waals surface area (Å²) >= 11 is 1.27. The van der Waals surface area contributed by atoms with Crippen molar-refractivity contribution in [1.82, 2.24) is 15.2 Å². The molecule has 0 atom stereocenters. The first-order valence-corrected chi connectivity index (χ1v) is 9.53. The number of nitrogens with zero attached hydrogens (tertiary/aromatic N) is 1. The Bertz CT molecular complexity index is 759. The number of benzene rings is 1. The van der Waals surface area contributed by atoms with E-state index in [1.807, 2.05) is 12.1 Å². The Labute approximate surface area is 146 Å². The summed E-state index contributed by atoms with van der Waals surface area (Å²) in [5, 5.41) is 6.45. The van der Waals surface area contributed by atoms with Crippen molar-refractivity contribution in [1.29, 1.82) is 0 Å². The average Bonchev–Trinajstić information content (AvgIpc) is 2.86. The Balaban J connectivity index is 1.43. The van der Waals surface area contributed by atoms with Gasteiger partial charge in [0.25, 0.3) is 0 Å². The zero-order chi connectivity index (χ0) is 16.9. The summed E-state index contributed by atoms with van der Waals surface area (Å²) in [6.07, 6.45) is 6.53. The Morgan fingerprint density at radius 1 is 1.29 bits per heavy atom. The molecule has 1 aliphatic carbocycles. The lowest BCUT2D eigenvalue weighted by molar-refractivity contribution is -0.121. The lowest BCUT2D eigenvalue weighted by Gasteiger charge is -2.22. The zero-order valence-electron chi connectivity index (χ0n) is 14.1. The molecule has 0 spiro atoms. The zero-order valence-corrected chi connectivity index (χ0v) is 15.0. The summed E-state index contributed by atoms with van der Waals surface area (Å²) in [6.45, 7) is 1.38. The van der Waals surface area contributed by atoms with Crippen LogP contribution in [0.5, 0.6) is 0 Å². The highest BCUT2D eigenvalue weighted by Gasteiger charge is 2.15. The SMILES string of the molecule is Cn1c(=O)sc2cc(CNCCC(=O)NC3CCCCC3)ccc21. The van der Waals surface area contributed by atoms with Crippen LogP contribution in [0.3, 0.4) is 0 Å². The van der Waals surface area contributed by atoms with Gasteiger partial charge in [-0.1, -0.05) is 36.7 Å². The van der Waals surface area contributed by atoms with Gasteiger partial charge in [-0.3, -0.25) is 9.59 Å². The molecule has 2 N–H and O–H groups in total. The van der Waals surface area contributed by atoms with Gasteiger partial charge >= 0.3 is 4.87 Å². The average molecular weight is 347 g/mol. The second-order valence-corrected chi connectivity index (χ2v) is 7.55. The third kappa shape index (κ3) is 4.24. The molecule has 6 heteroatoms. The van der Waals surface area contributed by atoms with Crippen LogP contribution < -0.4 is 15.5 Å². The minimum Gasteiger partial charge on any atom is -0.353 e. The molecule has 0 saturated heterocycles. The molecule has 5 nitrogen and oxygen atoms in total. The molecule has 1 heterocycles. The van der Waals surface area contributed by atoms with Crippen LogP contribution in [0.2, 0.25) is 0 Å². The fourth-order valence-corrected chi connectivity index (χ4v) is 4.21. The molecule has 1 saturated carbocycles. The fraction of sp³-hybridized carbons (Fsp3) is 0.556. The second kappa shape index (κ2) is 7.94. The maximum atomic E-state index is 12.0. The third-order valence-corrected chi connectivity index (χ3v) is 5.68. The number of carbonyl (C=O) groups is 1. The molecule has 0 bridgehead atoms. The van der Waals surface area contributed by atoms with Gasteiger partial charge < -0.3 is 15.2 Å². The quantitative estimate of drug-likeness (QED) is 0.789. The van der Waals surface area contributed by atoms with E-state index in [2.05, 4.69) is 16.7 Å². The molecule has 2 aromatic rings. The summed E-state index contributed by atoms with van der Waals surface area (Å²) in [6, 6.07) is 6.45. The van der Waals surface area contributed by atoms with E-state index in [0.717, 1.165) is 28.6 Å². The number of hydrogen-bond acceptors (Lipinski definition) is 4. The summed E-state index contributed by atoms with van der Waals surface area (Å²) in [5.41, 5.74) is 2.11. The van der Waals surface area contributed by atoms with Crippen molar-refractivity contribution in [3.63, 3.8) is 0 Å². The van der Waals surface area contributed by atoms with Crippen LogP contribution >= 0.6 is 11.3 Å². The van der Waals surface area contributed by atoms with E-state index in [9.17, 15) is 9.59 Å². The first-order chi connectivity index (χ1) is 11.6. The van der Waals surface area contributed by atoms with Crippen LogP contribution in [-0.4, -0.2) is 23.1 Å². The fourth-order valence-electron chi connectivity index (χ4n) is 3.27. The van der Waals surface area contributed by atoms with Gasteiger partial charge in [0, 0.05) is 32.6 Å². The largest absolute Gasteiger partial charge is 0.353 e. The first-order valence-electron chi connectivity index (χ1n) is 8.72. The first kappa shape index (κ1) is 17.2. The Morgan fingerprint density at radius 2 is 2.08 bits per heavy atom. The minimum absolute atomic E-state index is 0.0643. The number of rotatable bonds is 6. The van der Waals surface area contributed by atoms with Crippen molar-refractivity contribution in [3.05, 3.63) is 33.4 Å². The van der Waals surface area contributed by atoms with Crippen molar-refractivity contribution >= 4 is 27.5 Å². The molecule has 130 valence electrons. The van der Waals surface area contributed by atoms with Crippen LogP contribution in [0.25, 0.3) is 10.2 Å². The van der Waals surface area contributed by atoms with E-state index in [1.54, 1.807) is 11.6 Å². The van der Waals surface area contributed by atoms with E-state index < -0.39 is 0 Å². The molecule has 1 aliphatic rings.